The summed E-state index contributed by atoms with van der Waals surface area (Å²) >= 11 is 3.30. The smallest absolute Gasteiger partial charge is 0.243 e. The number of carbonyl (C=O) groups excluding carboxylic acids is 1. The van der Waals surface area contributed by atoms with Crippen molar-refractivity contribution >= 4 is 37.7 Å². The van der Waals surface area contributed by atoms with Crippen molar-refractivity contribution in [2.24, 2.45) is 5.92 Å². The summed E-state index contributed by atoms with van der Waals surface area (Å²) in [7, 11) is -3.63. The van der Waals surface area contributed by atoms with E-state index >= 15 is 0 Å². The van der Waals surface area contributed by atoms with E-state index in [9.17, 15) is 13.2 Å². The van der Waals surface area contributed by atoms with Crippen LogP contribution in [-0.4, -0.2) is 49.8 Å². The number of nitriles is 1. The molecule has 1 unspecified atom stereocenters. The summed E-state index contributed by atoms with van der Waals surface area (Å²) in [6.45, 7) is 1.32. The van der Waals surface area contributed by atoms with Gasteiger partial charge in [0, 0.05) is 36.8 Å². The van der Waals surface area contributed by atoms with E-state index in [1.165, 1.54) is 4.31 Å². The molecule has 158 valence electrons. The average molecular weight is 492 g/mol. The van der Waals surface area contributed by atoms with E-state index in [1.54, 1.807) is 42.6 Å². The van der Waals surface area contributed by atoms with Gasteiger partial charge in [0.1, 0.15) is 11.9 Å². The fourth-order valence-corrected chi connectivity index (χ4v) is 5.07. The molecule has 1 atom stereocenters. The van der Waals surface area contributed by atoms with E-state index in [4.69, 9.17) is 5.26 Å². The van der Waals surface area contributed by atoms with Crippen LogP contribution in [0.15, 0.2) is 52.0 Å². The van der Waals surface area contributed by atoms with Gasteiger partial charge in [-0.25, -0.2) is 13.4 Å². The Labute approximate surface area is 184 Å². The van der Waals surface area contributed by atoms with Crippen LogP contribution in [0.25, 0.3) is 0 Å². The first-order chi connectivity index (χ1) is 14.4. The van der Waals surface area contributed by atoms with E-state index in [-0.39, 0.29) is 17.3 Å². The molecular weight excluding hydrogens is 470 g/mol. The third-order valence-electron chi connectivity index (χ3n) is 4.85. The van der Waals surface area contributed by atoms with Gasteiger partial charge in [0.05, 0.1) is 16.4 Å². The molecule has 0 bridgehead atoms. The Morgan fingerprint density at radius 1 is 1.27 bits per heavy atom. The second-order valence-electron chi connectivity index (χ2n) is 6.89. The summed E-state index contributed by atoms with van der Waals surface area (Å²) in [4.78, 5) is 16.9. The van der Waals surface area contributed by atoms with Crippen molar-refractivity contribution in [1.82, 2.24) is 14.6 Å². The van der Waals surface area contributed by atoms with Crippen LogP contribution in [0.2, 0.25) is 0 Å². The molecule has 1 saturated heterocycles. The predicted octanol–water partition coefficient (Wildman–Crippen LogP) is 2.34. The van der Waals surface area contributed by atoms with Crippen LogP contribution >= 0.6 is 15.9 Å². The van der Waals surface area contributed by atoms with Gasteiger partial charge in [-0.3, -0.25) is 4.79 Å². The van der Waals surface area contributed by atoms with Gasteiger partial charge in [-0.2, -0.15) is 9.57 Å². The molecule has 30 heavy (non-hydrogen) atoms. The van der Waals surface area contributed by atoms with Crippen LogP contribution in [0.4, 0.5) is 5.82 Å². The fraction of sp³-hybridized carbons (Fsp3) is 0.350. The van der Waals surface area contributed by atoms with E-state index in [0.29, 0.717) is 43.9 Å². The maximum absolute atomic E-state index is 12.9. The molecule has 1 aliphatic heterocycles. The molecule has 0 spiro atoms. The molecule has 3 rings (SSSR count). The molecule has 1 fully saturated rings. The van der Waals surface area contributed by atoms with Gasteiger partial charge in [-0.05, 0) is 49.2 Å². The van der Waals surface area contributed by atoms with Gasteiger partial charge in [0.15, 0.2) is 0 Å². The summed E-state index contributed by atoms with van der Waals surface area (Å²) < 4.78 is 27.9. The van der Waals surface area contributed by atoms with Gasteiger partial charge in [0.2, 0.25) is 15.9 Å². The first-order valence-electron chi connectivity index (χ1n) is 9.54. The van der Waals surface area contributed by atoms with Crippen molar-refractivity contribution in [2.75, 3.05) is 31.5 Å². The molecule has 8 nitrogen and oxygen atoms in total. The maximum atomic E-state index is 12.9. The fourth-order valence-electron chi connectivity index (χ4n) is 3.28. The quantitative estimate of drug-likeness (QED) is 0.574. The number of pyridine rings is 1. The van der Waals surface area contributed by atoms with Gasteiger partial charge in [-0.15, -0.1) is 0 Å². The Morgan fingerprint density at radius 3 is 2.77 bits per heavy atom. The monoisotopic (exact) mass is 491 g/mol. The molecule has 1 amide bonds. The minimum atomic E-state index is -3.63. The van der Waals surface area contributed by atoms with Crippen molar-refractivity contribution in [3.8, 4) is 6.07 Å². The van der Waals surface area contributed by atoms with E-state index in [1.807, 2.05) is 0 Å². The van der Waals surface area contributed by atoms with E-state index in [2.05, 4.69) is 37.6 Å². The molecule has 2 N–H and O–H groups in total. The van der Waals surface area contributed by atoms with Crippen LogP contribution in [0.5, 0.6) is 0 Å². The number of piperidine rings is 1. The third kappa shape index (κ3) is 5.36. The van der Waals surface area contributed by atoms with Crippen molar-refractivity contribution in [2.45, 2.75) is 17.7 Å². The number of hydrogen-bond donors (Lipinski definition) is 2. The lowest BCUT2D eigenvalue weighted by Crippen LogP contribution is -2.46. The summed E-state index contributed by atoms with van der Waals surface area (Å²) in [5.74, 6) is -0.0961. The molecule has 1 aromatic carbocycles. The van der Waals surface area contributed by atoms with Gasteiger partial charge >= 0.3 is 0 Å². The lowest BCUT2D eigenvalue weighted by atomic mass is 9.99. The highest BCUT2D eigenvalue weighted by atomic mass is 79.9. The molecule has 0 radical (unpaired) electrons. The zero-order valence-electron chi connectivity index (χ0n) is 16.2. The number of carbonyl (C=O) groups is 1. The number of amides is 1. The molecule has 2 aromatic rings. The Bertz CT molecular complexity index is 1040. The largest absolute Gasteiger partial charge is 0.367 e. The number of aromatic nitrogens is 1. The standard InChI is InChI=1S/C20H22BrN5O3S/c21-17-5-7-18(8-6-17)30(28,29)26-12-2-4-16(14-26)20(27)25-11-10-24-19-15(13-22)3-1-9-23-19/h1,3,5-9,16H,2,4,10-12,14H2,(H,23,24)(H,25,27). The Hall–Kier alpha value is -2.48. The Balaban J connectivity index is 1.53. The summed E-state index contributed by atoms with van der Waals surface area (Å²) in [5, 5.41) is 14.9. The maximum Gasteiger partial charge on any atom is 0.243 e. The van der Waals surface area contributed by atoms with Crippen LogP contribution in [0, 0.1) is 17.2 Å². The number of nitrogens with zero attached hydrogens (tertiary/aromatic N) is 3. The molecule has 0 aliphatic carbocycles. The number of hydrogen-bond acceptors (Lipinski definition) is 6. The molecule has 10 heteroatoms. The number of nitrogens with one attached hydrogen (secondary N) is 2. The first kappa shape index (κ1) is 22.2. The lowest BCUT2D eigenvalue weighted by molar-refractivity contribution is -0.125. The SMILES string of the molecule is N#Cc1cccnc1NCCNC(=O)C1CCCN(S(=O)(=O)c2ccc(Br)cc2)C1. The van der Waals surface area contributed by atoms with Crippen LogP contribution in [-0.2, 0) is 14.8 Å². The molecular formula is C20H22BrN5O3S. The third-order valence-corrected chi connectivity index (χ3v) is 7.26. The molecule has 2 heterocycles. The number of halogens is 1. The van der Waals surface area contributed by atoms with E-state index < -0.39 is 15.9 Å². The number of benzene rings is 1. The number of sulfonamides is 1. The lowest BCUT2D eigenvalue weighted by Gasteiger charge is -2.31. The first-order valence-corrected chi connectivity index (χ1v) is 11.8. The second-order valence-corrected chi connectivity index (χ2v) is 9.74. The normalized spacial score (nSPS) is 17.1. The molecule has 1 aromatic heterocycles. The van der Waals surface area contributed by atoms with Crippen molar-refractivity contribution in [1.29, 1.82) is 5.26 Å². The predicted molar refractivity (Wildman–Crippen MR) is 116 cm³/mol. The number of anilines is 1. The zero-order chi connectivity index (χ0) is 21.6. The van der Waals surface area contributed by atoms with E-state index in [0.717, 1.165) is 4.47 Å². The van der Waals surface area contributed by atoms with Crippen molar-refractivity contribution in [3.63, 3.8) is 0 Å². The average Bonchev–Trinajstić information content (AvgIpc) is 2.77. The van der Waals surface area contributed by atoms with Crippen LogP contribution in [0.3, 0.4) is 0 Å². The topological polar surface area (TPSA) is 115 Å². The summed E-state index contributed by atoms with van der Waals surface area (Å²) in [5.41, 5.74) is 0.435. The highest BCUT2D eigenvalue weighted by Gasteiger charge is 2.33. The second kappa shape index (κ2) is 10.0. The van der Waals surface area contributed by atoms with Crippen LogP contribution < -0.4 is 10.6 Å². The highest BCUT2D eigenvalue weighted by molar-refractivity contribution is 9.10. The van der Waals surface area contributed by atoms with Gasteiger partial charge in [0.25, 0.3) is 0 Å². The Morgan fingerprint density at radius 2 is 2.03 bits per heavy atom. The minimum Gasteiger partial charge on any atom is -0.367 e. The Kier molecular flexibility index (Phi) is 7.42. The highest BCUT2D eigenvalue weighted by Crippen LogP contribution is 2.25. The summed E-state index contributed by atoms with van der Waals surface area (Å²) in [6.07, 6.45) is 2.86. The zero-order valence-corrected chi connectivity index (χ0v) is 18.6. The van der Waals surface area contributed by atoms with Gasteiger partial charge < -0.3 is 10.6 Å². The van der Waals surface area contributed by atoms with Gasteiger partial charge in [-0.1, -0.05) is 15.9 Å². The summed E-state index contributed by atoms with van der Waals surface area (Å²) in [6, 6.07) is 11.9. The van der Waals surface area contributed by atoms with Crippen molar-refractivity contribution < 1.29 is 13.2 Å². The number of rotatable bonds is 7. The molecule has 0 saturated carbocycles. The van der Waals surface area contributed by atoms with Crippen molar-refractivity contribution in [3.05, 3.63) is 52.6 Å². The van der Waals surface area contributed by atoms with Crippen LogP contribution in [0.1, 0.15) is 18.4 Å². The minimum absolute atomic E-state index is 0.163. The molecule has 1 aliphatic rings.